The van der Waals surface area contributed by atoms with E-state index in [0.717, 1.165) is 49.2 Å². The molecule has 0 bridgehead atoms. The van der Waals surface area contributed by atoms with Gasteiger partial charge < -0.3 is 24.5 Å². The van der Waals surface area contributed by atoms with Crippen LogP contribution in [0, 0.1) is 0 Å². The molecule has 0 atom stereocenters. The highest BCUT2D eigenvalue weighted by atomic mass is 32.2. The van der Waals surface area contributed by atoms with Crippen LogP contribution in [0.15, 0.2) is 184 Å². The zero-order valence-corrected chi connectivity index (χ0v) is 33.9. The van der Waals surface area contributed by atoms with Crippen molar-refractivity contribution in [3.63, 3.8) is 0 Å². The van der Waals surface area contributed by atoms with Gasteiger partial charge in [0, 0.05) is 39.1 Å². The molecule has 0 aliphatic carbocycles. The van der Waals surface area contributed by atoms with Gasteiger partial charge >= 0.3 is 17.9 Å². The molecule has 0 unspecified atom stereocenters. The summed E-state index contributed by atoms with van der Waals surface area (Å²) < 4.78 is 14.8. The summed E-state index contributed by atoms with van der Waals surface area (Å²) in [5.74, 6) is -1.63. The van der Waals surface area contributed by atoms with Gasteiger partial charge in [0.1, 0.15) is 5.04 Å². The van der Waals surface area contributed by atoms with Gasteiger partial charge in [-0.15, -0.1) is 0 Å². The molecule has 12 heteroatoms. The van der Waals surface area contributed by atoms with Gasteiger partial charge in [-0.25, -0.2) is 24.4 Å². The van der Waals surface area contributed by atoms with Crippen molar-refractivity contribution in [1.82, 2.24) is 10.3 Å². The van der Waals surface area contributed by atoms with Gasteiger partial charge in [0.2, 0.25) is 5.91 Å². The normalized spacial score (nSPS) is 16.5. The molecule has 0 fully saturated rings. The summed E-state index contributed by atoms with van der Waals surface area (Å²) in [4.78, 5) is 64.4. The third kappa shape index (κ3) is 8.52. The lowest BCUT2D eigenvalue weighted by Gasteiger charge is -2.13. The maximum Gasteiger partial charge on any atom is 0.337 e. The van der Waals surface area contributed by atoms with E-state index in [1.165, 1.54) is 27.4 Å². The molecule has 1 aromatic heterocycles. The third-order valence-corrected chi connectivity index (χ3v) is 10.9. The molecule has 300 valence electrons. The number of carbonyl (C=O) groups excluding carboxylic acids is 4. The molecule has 1 amide bonds. The number of carbonyl (C=O) groups is 4. The fraction of sp³-hybridized carbons (Fsp3) is 0.0612. The molecule has 0 spiro atoms. The van der Waals surface area contributed by atoms with Crippen LogP contribution in [-0.2, 0) is 19.0 Å². The van der Waals surface area contributed by atoms with Crippen molar-refractivity contribution in [2.45, 2.75) is 4.90 Å². The van der Waals surface area contributed by atoms with Gasteiger partial charge in [-0.3, -0.25) is 4.79 Å². The Labute approximate surface area is 355 Å². The van der Waals surface area contributed by atoms with Crippen molar-refractivity contribution in [1.29, 1.82) is 0 Å². The molecule has 0 radical (unpaired) electrons. The second-order valence-corrected chi connectivity index (χ2v) is 14.7. The molecule has 3 aliphatic heterocycles. The molecule has 0 saturated heterocycles. The van der Waals surface area contributed by atoms with E-state index in [9.17, 15) is 19.2 Å². The van der Waals surface area contributed by atoms with Crippen LogP contribution in [0.2, 0.25) is 0 Å². The molecule has 4 aromatic carbocycles. The van der Waals surface area contributed by atoms with Crippen molar-refractivity contribution in [2.24, 2.45) is 9.98 Å². The average Bonchev–Trinajstić information content (AvgIpc) is 4.15. The lowest BCUT2D eigenvalue weighted by molar-refractivity contribution is -0.115. The van der Waals surface area contributed by atoms with Crippen LogP contribution >= 0.6 is 11.8 Å². The van der Waals surface area contributed by atoms with Gasteiger partial charge in [-0.1, -0.05) is 66.4 Å². The number of thioether (sulfide) groups is 1. The summed E-state index contributed by atoms with van der Waals surface area (Å²) >= 11 is 1.56. The van der Waals surface area contributed by atoms with Crippen molar-refractivity contribution in [3.05, 3.63) is 214 Å². The minimum absolute atomic E-state index is 0.264. The number of amides is 1. The van der Waals surface area contributed by atoms with Gasteiger partial charge in [0.15, 0.2) is 0 Å². The summed E-state index contributed by atoms with van der Waals surface area (Å²) in [5, 5.41) is 3.72. The fourth-order valence-electron chi connectivity index (χ4n) is 6.99. The highest BCUT2D eigenvalue weighted by Gasteiger charge is 2.24. The van der Waals surface area contributed by atoms with E-state index in [-0.39, 0.29) is 5.91 Å². The maximum atomic E-state index is 12.4. The minimum atomic E-state index is -0.467. The van der Waals surface area contributed by atoms with Crippen molar-refractivity contribution in [2.75, 3.05) is 21.3 Å². The zero-order chi connectivity index (χ0) is 42.5. The Balaban J connectivity index is 1.26. The number of nitrogens with one attached hydrogen (secondary N) is 2. The van der Waals surface area contributed by atoms with Crippen LogP contribution in [0.1, 0.15) is 59.2 Å². The van der Waals surface area contributed by atoms with Crippen molar-refractivity contribution >= 4 is 63.1 Å². The van der Waals surface area contributed by atoms with E-state index in [1.54, 1.807) is 66.4 Å². The molecule has 8 rings (SSSR count). The predicted molar refractivity (Wildman–Crippen MR) is 236 cm³/mol. The topological polar surface area (TPSA) is 149 Å². The number of rotatable bonds is 10. The van der Waals surface area contributed by atoms with Crippen LogP contribution in [0.4, 0.5) is 0 Å². The molecule has 3 aliphatic rings. The standard InChI is InChI=1S/C49H36N4O7S/c1-58-47(55)32-15-9-29(10-16-32)44(36-21-23-38(50-36)45(40-25-27-42(54)52-40)30-11-17-33(18-12-30)48(56)59-2)37-22-24-39(51-37)46(31-13-19-34(20-14-31)49(57)60-3)41-26-28-43(53-41)61-35-7-5-4-6-8-35/h4-28,51H,1-3H3,(H,52,54)/b44-36-,45-40-,46-41-. The Morgan fingerprint density at radius 3 is 1.43 bits per heavy atom. The largest absolute Gasteiger partial charge is 0.465 e. The van der Waals surface area contributed by atoms with Gasteiger partial charge in [-0.2, -0.15) is 0 Å². The predicted octanol–water partition coefficient (Wildman–Crippen LogP) is 8.76. The Hall–Kier alpha value is -7.83. The van der Waals surface area contributed by atoms with Gasteiger partial charge in [-0.05, 0) is 108 Å². The van der Waals surface area contributed by atoms with E-state index in [1.807, 2.05) is 91.0 Å². The number of aromatic nitrogens is 1. The number of methoxy groups -OCH3 is 3. The van der Waals surface area contributed by atoms with Crippen molar-refractivity contribution < 1.29 is 33.4 Å². The van der Waals surface area contributed by atoms with Gasteiger partial charge in [0.25, 0.3) is 0 Å². The fourth-order valence-corrected chi connectivity index (χ4v) is 7.81. The number of benzene rings is 4. The number of aliphatic imine (C=N–C) groups is 2. The number of H-pyrrole nitrogens is 1. The van der Waals surface area contributed by atoms with E-state index in [4.69, 9.17) is 24.2 Å². The lowest BCUT2D eigenvalue weighted by Crippen LogP contribution is -2.16. The number of hydrogen-bond donors (Lipinski definition) is 2. The van der Waals surface area contributed by atoms with E-state index in [2.05, 4.69) is 10.3 Å². The van der Waals surface area contributed by atoms with Crippen LogP contribution in [0.5, 0.6) is 0 Å². The third-order valence-electron chi connectivity index (χ3n) is 9.93. The summed E-state index contributed by atoms with van der Waals surface area (Å²) in [7, 11) is 4.01. The second kappa shape index (κ2) is 17.6. The lowest BCUT2D eigenvalue weighted by atomic mass is 9.97. The Morgan fingerprint density at radius 2 is 0.951 bits per heavy atom. The minimum Gasteiger partial charge on any atom is -0.465 e. The summed E-state index contributed by atoms with van der Waals surface area (Å²) in [6.45, 7) is 0. The number of aromatic amines is 1. The number of esters is 3. The summed E-state index contributed by atoms with van der Waals surface area (Å²) in [6.07, 6.45) is 10.9. The smallest absolute Gasteiger partial charge is 0.337 e. The zero-order valence-electron chi connectivity index (χ0n) is 33.1. The summed E-state index contributed by atoms with van der Waals surface area (Å²) in [5.41, 5.74) is 9.54. The van der Waals surface area contributed by atoms with Crippen LogP contribution in [-0.4, -0.2) is 60.9 Å². The molecule has 5 aromatic rings. The van der Waals surface area contributed by atoms with E-state index in [0.29, 0.717) is 45.1 Å². The monoisotopic (exact) mass is 824 g/mol. The molecular formula is C49H36N4O7S. The van der Waals surface area contributed by atoms with Crippen molar-refractivity contribution in [3.8, 4) is 0 Å². The highest BCUT2D eigenvalue weighted by Crippen LogP contribution is 2.37. The van der Waals surface area contributed by atoms with Crippen LogP contribution in [0.3, 0.4) is 0 Å². The first-order valence-corrected chi connectivity index (χ1v) is 19.8. The number of hydrogen-bond acceptors (Lipinski definition) is 10. The second-order valence-electron chi connectivity index (χ2n) is 13.7. The van der Waals surface area contributed by atoms with Crippen LogP contribution < -0.4 is 5.32 Å². The summed E-state index contributed by atoms with van der Waals surface area (Å²) in [6, 6.07) is 35.1. The molecular weight excluding hydrogens is 789 g/mol. The quantitative estimate of drug-likeness (QED) is 0.105. The number of allylic oxidation sites excluding steroid dienone is 5. The molecule has 4 heterocycles. The van der Waals surface area contributed by atoms with E-state index < -0.39 is 17.9 Å². The van der Waals surface area contributed by atoms with E-state index >= 15 is 0 Å². The average molecular weight is 825 g/mol. The Morgan fingerprint density at radius 1 is 0.492 bits per heavy atom. The molecule has 0 saturated carbocycles. The first kappa shape index (κ1) is 40.0. The highest BCUT2D eigenvalue weighted by molar-refractivity contribution is 8.14. The number of ether oxygens (including phenoxy) is 3. The SMILES string of the molecule is COC(=O)c1ccc(/C(C2=N/C(=C(/c3ccc(C(=O)OC)cc3)c3ccc(/C(=C4/C=CC(Sc5ccccc5)=N4)c4ccc(C(=O)OC)cc4)[nH]3)C=C2)=C2\C=CC(=O)N2)cc1. The van der Waals surface area contributed by atoms with Gasteiger partial charge in [0.05, 0.1) is 60.8 Å². The first-order chi connectivity index (χ1) is 29.7. The number of nitrogens with zero attached hydrogens (tertiary/aromatic N) is 2. The first-order valence-electron chi connectivity index (χ1n) is 19.0. The Bertz CT molecular complexity index is 2840. The van der Waals surface area contributed by atoms with Crippen LogP contribution in [0.25, 0.3) is 16.7 Å². The maximum absolute atomic E-state index is 12.4. The molecule has 11 nitrogen and oxygen atoms in total. The Kier molecular flexibility index (Phi) is 11.5. The molecule has 2 N–H and O–H groups in total. The molecule has 61 heavy (non-hydrogen) atoms.